The lowest BCUT2D eigenvalue weighted by Gasteiger charge is -2.12. The van der Waals surface area contributed by atoms with Crippen LogP contribution in [0.25, 0.3) is 17.1 Å². The van der Waals surface area contributed by atoms with Crippen LogP contribution in [0, 0.1) is 24.4 Å². The Balaban J connectivity index is 2.36. The molecule has 0 aliphatic rings. The molecular weight excluding hydrogens is 333 g/mol. The Morgan fingerprint density at radius 2 is 1.78 bits per heavy atom. The highest BCUT2D eigenvalue weighted by atomic mass is 35.5. The third kappa shape index (κ3) is 2.75. The number of aryl methyl sites for hydroxylation is 1. The van der Waals surface area contributed by atoms with Crippen molar-refractivity contribution in [1.29, 1.82) is 0 Å². The molecule has 8 heteroatoms. The molecule has 0 amide bonds. The summed E-state index contributed by atoms with van der Waals surface area (Å²) in [5.41, 5.74) is -1.37. The minimum Gasteiger partial charge on any atom is -0.360 e. The first-order valence-corrected chi connectivity index (χ1v) is 6.75. The second-order valence-electron chi connectivity index (χ2n) is 4.78. The molecule has 2 aromatic heterocycles. The average molecular weight is 341 g/mol. The molecule has 118 valence electrons. The van der Waals surface area contributed by atoms with Crippen molar-refractivity contribution >= 4 is 11.6 Å². The number of rotatable bonds is 2. The van der Waals surface area contributed by atoms with Crippen LogP contribution < -0.4 is 5.43 Å². The van der Waals surface area contributed by atoms with Crippen LogP contribution in [-0.2, 0) is 0 Å². The third-order valence-corrected chi connectivity index (χ3v) is 3.41. The number of halogens is 4. The molecule has 0 aliphatic carbocycles. The van der Waals surface area contributed by atoms with Gasteiger partial charge in [-0.05, 0) is 6.92 Å². The van der Waals surface area contributed by atoms with Gasteiger partial charge in [0.15, 0.2) is 5.82 Å². The first-order valence-electron chi connectivity index (χ1n) is 6.37. The SMILES string of the molecule is Cc1cc(-n2cc(Cl)c(=O)cc2-c2c(F)cc(F)cc2F)no1. The fourth-order valence-corrected chi connectivity index (χ4v) is 2.30. The van der Waals surface area contributed by atoms with Crippen molar-refractivity contribution in [2.24, 2.45) is 0 Å². The molecular formula is C15H8ClF3N2O2. The zero-order chi connectivity index (χ0) is 16.7. The Bertz CT molecular complexity index is 943. The number of aromatic nitrogens is 2. The highest BCUT2D eigenvalue weighted by Gasteiger charge is 2.20. The van der Waals surface area contributed by atoms with E-state index < -0.39 is 28.4 Å². The maximum absolute atomic E-state index is 14.1. The molecule has 4 nitrogen and oxygen atoms in total. The van der Waals surface area contributed by atoms with Gasteiger partial charge in [-0.15, -0.1) is 0 Å². The number of hydrogen-bond acceptors (Lipinski definition) is 3. The average Bonchev–Trinajstić information content (AvgIpc) is 2.87. The summed E-state index contributed by atoms with van der Waals surface area (Å²) in [5.74, 6) is -2.76. The molecule has 23 heavy (non-hydrogen) atoms. The fourth-order valence-electron chi connectivity index (χ4n) is 2.15. The summed E-state index contributed by atoms with van der Waals surface area (Å²) in [5, 5.41) is 3.56. The van der Waals surface area contributed by atoms with Crippen LogP contribution in [0.5, 0.6) is 0 Å². The predicted octanol–water partition coefficient (Wildman–Crippen LogP) is 3.87. The van der Waals surface area contributed by atoms with Gasteiger partial charge >= 0.3 is 0 Å². The Morgan fingerprint density at radius 3 is 2.35 bits per heavy atom. The zero-order valence-corrected chi connectivity index (χ0v) is 12.4. The molecule has 3 rings (SSSR count). The lowest BCUT2D eigenvalue weighted by atomic mass is 10.1. The molecule has 0 N–H and O–H groups in total. The lowest BCUT2D eigenvalue weighted by Crippen LogP contribution is -2.11. The number of pyridine rings is 1. The van der Waals surface area contributed by atoms with Crippen molar-refractivity contribution in [2.45, 2.75) is 6.92 Å². The molecule has 0 fully saturated rings. The van der Waals surface area contributed by atoms with E-state index in [-0.39, 0.29) is 16.5 Å². The maximum atomic E-state index is 14.1. The summed E-state index contributed by atoms with van der Waals surface area (Å²) < 4.78 is 47.3. The van der Waals surface area contributed by atoms with Gasteiger partial charge in [-0.3, -0.25) is 9.36 Å². The highest BCUT2D eigenvalue weighted by Crippen LogP contribution is 2.29. The molecule has 3 aromatic rings. The summed E-state index contributed by atoms with van der Waals surface area (Å²) in [7, 11) is 0. The van der Waals surface area contributed by atoms with E-state index in [1.807, 2.05) is 0 Å². The van der Waals surface area contributed by atoms with E-state index in [1.165, 1.54) is 16.8 Å². The molecule has 0 atom stereocenters. The number of benzene rings is 1. The van der Waals surface area contributed by atoms with Crippen LogP contribution >= 0.6 is 11.6 Å². The molecule has 2 heterocycles. The van der Waals surface area contributed by atoms with Crippen LogP contribution in [0.3, 0.4) is 0 Å². The van der Waals surface area contributed by atoms with Crippen molar-refractivity contribution in [3.63, 3.8) is 0 Å². The minimum absolute atomic E-state index is 0.164. The van der Waals surface area contributed by atoms with Crippen LogP contribution in [0.15, 0.2) is 39.8 Å². The Hall–Kier alpha value is -2.54. The van der Waals surface area contributed by atoms with Gasteiger partial charge in [-0.1, -0.05) is 16.8 Å². The topological polar surface area (TPSA) is 48.0 Å². The highest BCUT2D eigenvalue weighted by molar-refractivity contribution is 6.30. The van der Waals surface area contributed by atoms with Gasteiger partial charge in [0, 0.05) is 30.5 Å². The smallest absolute Gasteiger partial charge is 0.200 e. The minimum atomic E-state index is -1.15. The van der Waals surface area contributed by atoms with Crippen LogP contribution in [0.1, 0.15) is 5.76 Å². The van der Waals surface area contributed by atoms with Crippen LogP contribution in [0.4, 0.5) is 13.2 Å². The molecule has 0 spiro atoms. The standard InChI is InChI=1S/C15H8ClF3N2O2/c1-7-2-14(20-23-7)21-6-9(16)13(22)5-12(21)15-10(18)3-8(17)4-11(15)19/h2-6H,1H3. The molecule has 0 unspecified atom stereocenters. The van der Waals surface area contributed by atoms with E-state index in [0.717, 1.165) is 6.07 Å². The molecule has 0 radical (unpaired) electrons. The first kappa shape index (κ1) is 15.4. The van der Waals surface area contributed by atoms with E-state index >= 15 is 0 Å². The summed E-state index contributed by atoms with van der Waals surface area (Å²) in [6, 6.07) is 3.49. The molecule has 0 saturated carbocycles. The largest absolute Gasteiger partial charge is 0.360 e. The number of hydrogen-bond donors (Lipinski definition) is 0. The van der Waals surface area contributed by atoms with Crippen molar-refractivity contribution in [2.75, 3.05) is 0 Å². The monoisotopic (exact) mass is 340 g/mol. The van der Waals surface area contributed by atoms with Crippen molar-refractivity contribution in [3.8, 4) is 17.1 Å². The van der Waals surface area contributed by atoms with E-state index in [9.17, 15) is 18.0 Å². The predicted molar refractivity (Wildman–Crippen MR) is 77.2 cm³/mol. The molecule has 0 aliphatic heterocycles. The molecule has 1 aromatic carbocycles. The Kier molecular flexibility index (Phi) is 3.73. The van der Waals surface area contributed by atoms with E-state index in [4.69, 9.17) is 16.1 Å². The van der Waals surface area contributed by atoms with Gasteiger partial charge in [-0.25, -0.2) is 13.2 Å². The Labute approximate surface area is 132 Å². The molecule has 0 bridgehead atoms. The van der Waals surface area contributed by atoms with Gasteiger partial charge in [-0.2, -0.15) is 0 Å². The van der Waals surface area contributed by atoms with E-state index in [2.05, 4.69) is 5.16 Å². The van der Waals surface area contributed by atoms with Gasteiger partial charge in [0.1, 0.15) is 28.2 Å². The van der Waals surface area contributed by atoms with E-state index in [0.29, 0.717) is 17.9 Å². The van der Waals surface area contributed by atoms with Gasteiger partial charge < -0.3 is 4.52 Å². The van der Waals surface area contributed by atoms with Crippen LogP contribution in [-0.4, -0.2) is 9.72 Å². The van der Waals surface area contributed by atoms with Gasteiger partial charge in [0.2, 0.25) is 5.43 Å². The summed E-state index contributed by atoms with van der Waals surface area (Å²) in [4.78, 5) is 11.8. The fraction of sp³-hybridized carbons (Fsp3) is 0.0667. The normalized spacial score (nSPS) is 11.0. The van der Waals surface area contributed by atoms with Crippen molar-refractivity contribution < 1.29 is 17.7 Å². The lowest BCUT2D eigenvalue weighted by molar-refractivity contribution is 0.395. The van der Waals surface area contributed by atoms with Crippen molar-refractivity contribution in [3.05, 3.63) is 68.9 Å². The van der Waals surface area contributed by atoms with Crippen molar-refractivity contribution in [1.82, 2.24) is 9.72 Å². The van der Waals surface area contributed by atoms with E-state index in [1.54, 1.807) is 6.92 Å². The Morgan fingerprint density at radius 1 is 1.13 bits per heavy atom. The summed E-state index contributed by atoms with van der Waals surface area (Å²) >= 11 is 5.80. The molecule has 0 saturated heterocycles. The second kappa shape index (κ2) is 5.58. The third-order valence-electron chi connectivity index (χ3n) is 3.13. The maximum Gasteiger partial charge on any atom is 0.200 e. The zero-order valence-electron chi connectivity index (χ0n) is 11.6. The summed E-state index contributed by atoms with van der Waals surface area (Å²) in [6.45, 7) is 1.62. The van der Waals surface area contributed by atoms with Gasteiger partial charge in [0.25, 0.3) is 0 Å². The first-order chi connectivity index (χ1) is 10.9. The summed E-state index contributed by atoms with van der Waals surface area (Å²) in [6.07, 6.45) is 1.17. The quantitative estimate of drug-likeness (QED) is 0.711. The second-order valence-corrected chi connectivity index (χ2v) is 5.19. The van der Waals surface area contributed by atoms with Gasteiger partial charge in [0.05, 0.1) is 11.3 Å². The number of nitrogens with zero attached hydrogens (tertiary/aromatic N) is 2. The van der Waals surface area contributed by atoms with Crippen LogP contribution in [0.2, 0.25) is 5.02 Å².